The molecule has 2 aromatic carbocycles. The fourth-order valence-electron chi connectivity index (χ4n) is 5.84. The summed E-state index contributed by atoms with van der Waals surface area (Å²) in [6.45, 7) is 2.25. The predicted molar refractivity (Wildman–Crippen MR) is 166 cm³/mol. The van der Waals surface area contributed by atoms with Crippen LogP contribution in [0.5, 0.6) is 0 Å². The maximum atomic E-state index is 13.3. The van der Waals surface area contributed by atoms with Gasteiger partial charge in [0.2, 0.25) is 5.91 Å². The third-order valence-corrected chi connectivity index (χ3v) is 8.10. The molecule has 232 valence electrons. The number of carboxylic acid groups (broad SMARTS) is 1. The minimum Gasteiger partial charge on any atom is -0.478 e. The van der Waals surface area contributed by atoms with Crippen molar-refractivity contribution in [3.63, 3.8) is 0 Å². The molecule has 4 N–H and O–H groups in total. The number of nitrogens with zero attached hydrogens (tertiary/aromatic N) is 4. The molecule has 13 nitrogen and oxygen atoms in total. The summed E-state index contributed by atoms with van der Waals surface area (Å²) in [6, 6.07) is 13.4. The number of halogens is 1. The molecule has 0 spiro atoms. The maximum absolute atomic E-state index is 13.3. The van der Waals surface area contributed by atoms with Gasteiger partial charge in [0.15, 0.2) is 23.3 Å². The summed E-state index contributed by atoms with van der Waals surface area (Å²) in [5.41, 5.74) is 1.80. The number of hydrogen-bond donors (Lipinski definition) is 4. The molecule has 1 aliphatic heterocycles. The minimum absolute atomic E-state index is 0.0199. The topological polar surface area (TPSA) is 170 Å². The van der Waals surface area contributed by atoms with E-state index < -0.39 is 36.4 Å². The van der Waals surface area contributed by atoms with Gasteiger partial charge in [-0.05, 0) is 43.0 Å². The minimum atomic E-state index is -1.20. The average Bonchev–Trinajstić information content (AvgIpc) is 3.72. The number of rotatable bonds is 9. The van der Waals surface area contributed by atoms with Crippen molar-refractivity contribution in [2.75, 3.05) is 17.2 Å². The molecule has 14 heteroatoms. The SMILES string of the molecule is CCNC(=O)Nc1ncnc2c1ncn2C1CC(CC(=O)Nc2c(Cl)cccc2C(=O)O)C2O[C@H](C=Cc3ccccc3)OC21. The van der Waals surface area contributed by atoms with Crippen LogP contribution in [0.2, 0.25) is 5.02 Å². The van der Waals surface area contributed by atoms with Gasteiger partial charge in [-0.15, -0.1) is 0 Å². The molecule has 2 aliphatic rings. The molecular weight excluding hydrogens is 602 g/mol. The molecule has 1 aliphatic carbocycles. The summed E-state index contributed by atoms with van der Waals surface area (Å²) in [6.07, 6.45) is 5.59. The summed E-state index contributed by atoms with van der Waals surface area (Å²) in [5.74, 6) is -1.66. The van der Waals surface area contributed by atoms with Crippen LogP contribution in [0.25, 0.3) is 17.2 Å². The van der Waals surface area contributed by atoms with Crippen molar-refractivity contribution in [3.8, 4) is 0 Å². The summed E-state index contributed by atoms with van der Waals surface area (Å²) in [7, 11) is 0. The number of fused-ring (bicyclic) bond motifs is 2. The van der Waals surface area contributed by atoms with Gasteiger partial charge >= 0.3 is 12.0 Å². The van der Waals surface area contributed by atoms with Crippen molar-refractivity contribution < 1.29 is 29.0 Å². The Morgan fingerprint density at radius 2 is 1.84 bits per heavy atom. The van der Waals surface area contributed by atoms with Crippen molar-refractivity contribution in [1.82, 2.24) is 24.8 Å². The second-order valence-corrected chi connectivity index (χ2v) is 11.1. The molecule has 2 fully saturated rings. The number of carbonyl (C=O) groups excluding carboxylic acids is 2. The van der Waals surface area contributed by atoms with E-state index in [4.69, 9.17) is 21.1 Å². The van der Waals surface area contributed by atoms with Gasteiger partial charge in [-0.1, -0.05) is 54.1 Å². The van der Waals surface area contributed by atoms with Crippen molar-refractivity contribution in [1.29, 1.82) is 0 Å². The number of nitrogens with one attached hydrogen (secondary N) is 3. The quantitative estimate of drug-likeness (QED) is 0.204. The van der Waals surface area contributed by atoms with E-state index in [-0.39, 0.29) is 40.5 Å². The van der Waals surface area contributed by atoms with E-state index in [9.17, 15) is 19.5 Å². The first-order chi connectivity index (χ1) is 21.8. The largest absolute Gasteiger partial charge is 0.478 e. The fraction of sp³-hybridized carbons (Fsp3) is 0.290. The molecule has 6 rings (SSSR count). The average molecular weight is 632 g/mol. The number of anilines is 2. The van der Waals surface area contributed by atoms with Crippen molar-refractivity contribution in [2.24, 2.45) is 5.92 Å². The first-order valence-corrected chi connectivity index (χ1v) is 14.8. The van der Waals surface area contributed by atoms with E-state index in [1.807, 2.05) is 54.0 Å². The van der Waals surface area contributed by atoms with Gasteiger partial charge in [-0.3, -0.25) is 10.1 Å². The molecule has 4 aromatic rings. The smallest absolute Gasteiger partial charge is 0.337 e. The Morgan fingerprint density at radius 1 is 1.04 bits per heavy atom. The molecular formula is C31H30ClN7O6. The van der Waals surface area contributed by atoms with E-state index in [1.165, 1.54) is 24.5 Å². The van der Waals surface area contributed by atoms with Crippen LogP contribution in [0.3, 0.4) is 0 Å². The molecule has 4 unspecified atom stereocenters. The van der Waals surface area contributed by atoms with Crippen LogP contribution in [0, 0.1) is 5.92 Å². The van der Waals surface area contributed by atoms with Crippen LogP contribution < -0.4 is 16.0 Å². The molecule has 1 saturated carbocycles. The number of carboxylic acids is 1. The lowest BCUT2D eigenvalue weighted by atomic mass is 10.0. The second kappa shape index (κ2) is 13.0. The third-order valence-electron chi connectivity index (χ3n) is 7.78. The molecule has 45 heavy (non-hydrogen) atoms. The van der Waals surface area contributed by atoms with Crippen molar-refractivity contribution in [3.05, 3.63) is 83.4 Å². The number of amides is 3. The Labute approximate surface area is 262 Å². The van der Waals surface area contributed by atoms with E-state index in [0.29, 0.717) is 24.1 Å². The number of aromatic nitrogens is 4. The van der Waals surface area contributed by atoms with Gasteiger partial charge in [0.05, 0.1) is 34.7 Å². The summed E-state index contributed by atoms with van der Waals surface area (Å²) in [4.78, 5) is 50.4. The summed E-state index contributed by atoms with van der Waals surface area (Å²) in [5, 5.41) is 17.8. The zero-order chi connectivity index (χ0) is 31.5. The molecule has 3 heterocycles. The predicted octanol–water partition coefficient (Wildman–Crippen LogP) is 4.73. The van der Waals surface area contributed by atoms with Crippen LogP contribution in [-0.4, -0.2) is 67.6 Å². The van der Waals surface area contributed by atoms with Crippen molar-refractivity contribution in [2.45, 2.75) is 44.3 Å². The van der Waals surface area contributed by atoms with E-state index >= 15 is 0 Å². The third kappa shape index (κ3) is 6.36. The number of aromatic carboxylic acids is 1. The number of imidazole rings is 1. The monoisotopic (exact) mass is 631 g/mol. The number of carbonyl (C=O) groups is 3. The number of benzene rings is 2. The van der Waals surface area contributed by atoms with E-state index in [2.05, 4.69) is 30.9 Å². The normalized spacial score (nSPS) is 22.4. The summed E-state index contributed by atoms with van der Waals surface area (Å²) < 4.78 is 14.6. The number of para-hydroxylation sites is 1. The van der Waals surface area contributed by atoms with Gasteiger partial charge in [-0.2, -0.15) is 0 Å². The van der Waals surface area contributed by atoms with E-state index in [1.54, 1.807) is 6.33 Å². The Balaban J connectivity index is 1.27. The van der Waals surface area contributed by atoms with Gasteiger partial charge < -0.3 is 29.8 Å². The number of hydrogen-bond acceptors (Lipinski definition) is 8. The fourth-order valence-corrected chi connectivity index (χ4v) is 6.06. The Kier molecular flexibility index (Phi) is 8.74. The van der Waals surface area contributed by atoms with E-state index in [0.717, 1.165) is 5.56 Å². The first kappa shape index (κ1) is 30.2. The molecule has 0 radical (unpaired) electrons. The van der Waals surface area contributed by atoms with Gasteiger partial charge in [-0.25, -0.2) is 24.5 Å². The van der Waals surface area contributed by atoms with Crippen LogP contribution in [-0.2, 0) is 14.3 Å². The lowest BCUT2D eigenvalue weighted by Crippen LogP contribution is -2.29. The van der Waals surface area contributed by atoms with Crippen LogP contribution in [0.15, 0.2) is 67.3 Å². The maximum Gasteiger partial charge on any atom is 0.337 e. The van der Waals surface area contributed by atoms with Crippen LogP contribution >= 0.6 is 11.6 Å². The van der Waals surface area contributed by atoms with Gasteiger partial charge in [0.1, 0.15) is 12.4 Å². The molecule has 1 saturated heterocycles. The highest BCUT2D eigenvalue weighted by molar-refractivity contribution is 6.34. The van der Waals surface area contributed by atoms with Crippen LogP contribution in [0.4, 0.5) is 16.3 Å². The highest BCUT2D eigenvalue weighted by Crippen LogP contribution is 2.46. The zero-order valence-corrected chi connectivity index (χ0v) is 24.8. The molecule has 5 atom stereocenters. The van der Waals surface area contributed by atoms with Crippen LogP contribution in [0.1, 0.15) is 41.7 Å². The Bertz CT molecular complexity index is 1760. The van der Waals surface area contributed by atoms with Crippen molar-refractivity contribution >= 4 is 58.3 Å². The highest BCUT2D eigenvalue weighted by Gasteiger charge is 2.52. The first-order valence-electron chi connectivity index (χ1n) is 14.4. The van der Waals surface area contributed by atoms with Gasteiger partial charge in [0.25, 0.3) is 0 Å². The zero-order valence-electron chi connectivity index (χ0n) is 24.1. The van der Waals surface area contributed by atoms with Gasteiger partial charge in [0, 0.05) is 13.0 Å². The lowest BCUT2D eigenvalue weighted by Gasteiger charge is -2.19. The Morgan fingerprint density at radius 3 is 2.62 bits per heavy atom. The molecule has 2 aromatic heterocycles. The Hall–Kier alpha value is -4.85. The second-order valence-electron chi connectivity index (χ2n) is 10.7. The lowest BCUT2D eigenvalue weighted by molar-refractivity contribution is -0.118. The number of urea groups is 1. The summed E-state index contributed by atoms with van der Waals surface area (Å²) >= 11 is 6.25. The molecule has 3 amide bonds. The highest BCUT2D eigenvalue weighted by atomic mass is 35.5. The number of ether oxygens (including phenoxy) is 2. The standard InChI is InChI=1S/C31H30ClN7O6/c1-2-33-31(43)38-28-25-29(35-15-34-28)39(16-36-25)21-13-18(14-22(40)37-24-19(30(41)42)9-6-10-20(24)32)26-27(21)45-23(44-26)12-11-17-7-4-3-5-8-17/h3-12,15-16,18,21,23,26-27H,2,13-14H2,1H3,(H,37,40)(H,41,42)(H2,33,34,35,38,43)/t18?,21?,23-,26?,27?/m0/s1. The molecule has 0 bridgehead atoms.